The molecule has 1 atom stereocenters. The zero-order valence-corrected chi connectivity index (χ0v) is 13.3. The molecule has 1 heterocycles. The lowest BCUT2D eigenvalue weighted by Crippen LogP contribution is -2.10. The zero-order chi connectivity index (χ0) is 16.4. The van der Waals surface area contributed by atoms with Crippen LogP contribution < -0.4 is 10.1 Å². The number of nitrogens with one attached hydrogen (secondary N) is 1. The number of benzene rings is 2. The topological polar surface area (TPSA) is 47.0 Å². The molecule has 0 aliphatic carbocycles. The Labute approximate surface area is 134 Å². The van der Waals surface area contributed by atoms with Crippen LogP contribution in [0.2, 0.25) is 0 Å². The van der Waals surface area contributed by atoms with Gasteiger partial charge < -0.3 is 10.1 Å². The maximum Gasteiger partial charge on any atom is 0.137 e. The molecule has 2 aromatic carbocycles. The number of methoxy groups -OCH3 is 1. The van der Waals surface area contributed by atoms with Crippen molar-refractivity contribution in [1.82, 2.24) is 9.97 Å². The first-order valence-electron chi connectivity index (χ1n) is 7.40. The van der Waals surface area contributed by atoms with E-state index >= 15 is 0 Å². The van der Waals surface area contributed by atoms with E-state index in [1.54, 1.807) is 13.2 Å². The first-order valence-corrected chi connectivity index (χ1v) is 7.40. The van der Waals surface area contributed by atoms with Crippen molar-refractivity contribution in [1.29, 1.82) is 0 Å². The van der Waals surface area contributed by atoms with Crippen LogP contribution in [0.4, 0.5) is 10.2 Å². The van der Waals surface area contributed by atoms with E-state index in [0.717, 1.165) is 16.9 Å². The molecule has 23 heavy (non-hydrogen) atoms. The summed E-state index contributed by atoms with van der Waals surface area (Å²) in [5, 5.41) is 3.99. The Morgan fingerprint density at radius 2 is 1.96 bits per heavy atom. The molecule has 118 valence electrons. The number of fused-ring (bicyclic) bond motifs is 1. The van der Waals surface area contributed by atoms with Gasteiger partial charge >= 0.3 is 0 Å². The van der Waals surface area contributed by atoms with Crippen LogP contribution in [0.25, 0.3) is 10.9 Å². The van der Waals surface area contributed by atoms with Gasteiger partial charge in [-0.2, -0.15) is 0 Å². The van der Waals surface area contributed by atoms with Crippen LogP contribution in [0, 0.1) is 12.7 Å². The van der Waals surface area contributed by atoms with Crippen molar-refractivity contribution >= 4 is 16.7 Å². The minimum Gasteiger partial charge on any atom is -0.496 e. The third kappa shape index (κ3) is 3.08. The summed E-state index contributed by atoms with van der Waals surface area (Å²) < 4.78 is 19.0. The van der Waals surface area contributed by atoms with Crippen LogP contribution in [0.3, 0.4) is 0 Å². The minimum atomic E-state index is -0.309. The number of aryl methyl sites for hydroxylation is 1. The Balaban J connectivity index is 1.99. The largest absolute Gasteiger partial charge is 0.496 e. The molecule has 5 heteroatoms. The minimum absolute atomic E-state index is 0.0498. The summed E-state index contributed by atoms with van der Waals surface area (Å²) in [5.41, 5.74) is 2.87. The second-order valence-corrected chi connectivity index (χ2v) is 5.50. The average molecular weight is 311 g/mol. The Hall–Kier alpha value is -2.69. The van der Waals surface area contributed by atoms with Gasteiger partial charge in [-0.1, -0.05) is 17.7 Å². The fourth-order valence-electron chi connectivity index (χ4n) is 2.62. The zero-order valence-electron chi connectivity index (χ0n) is 13.3. The number of hydrogen-bond donors (Lipinski definition) is 1. The van der Waals surface area contributed by atoms with Gasteiger partial charge in [-0.25, -0.2) is 14.4 Å². The molecule has 1 N–H and O–H groups in total. The molecule has 1 unspecified atom stereocenters. The van der Waals surface area contributed by atoms with Crippen molar-refractivity contribution in [3.63, 3.8) is 0 Å². The first-order chi connectivity index (χ1) is 11.1. The quantitative estimate of drug-likeness (QED) is 0.782. The smallest absolute Gasteiger partial charge is 0.137 e. The van der Waals surface area contributed by atoms with E-state index in [-0.39, 0.29) is 11.9 Å². The molecule has 4 nitrogen and oxygen atoms in total. The molecule has 0 fully saturated rings. The average Bonchev–Trinajstić information content (AvgIpc) is 2.55. The Kier molecular flexibility index (Phi) is 4.10. The van der Waals surface area contributed by atoms with Crippen LogP contribution in [-0.4, -0.2) is 17.1 Å². The number of aromatic nitrogens is 2. The molecule has 0 saturated heterocycles. The highest BCUT2D eigenvalue weighted by atomic mass is 19.1. The lowest BCUT2D eigenvalue weighted by molar-refractivity contribution is 0.408. The van der Waals surface area contributed by atoms with Crippen molar-refractivity contribution < 1.29 is 9.13 Å². The summed E-state index contributed by atoms with van der Waals surface area (Å²) in [4.78, 5) is 8.43. The van der Waals surface area contributed by atoms with Gasteiger partial charge in [0.05, 0.1) is 18.7 Å². The molecule has 0 amide bonds. The molecule has 0 bridgehead atoms. The highest BCUT2D eigenvalue weighted by molar-refractivity contribution is 5.88. The first kappa shape index (κ1) is 15.2. The van der Waals surface area contributed by atoms with Crippen LogP contribution in [0.5, 0.6) is 5.75 Å². The summed E-state index contributed by atoms with van der Waals surface area (Å²) in [6, 6.07) is 10.5. The standard InChI is InChI=1S/C18H18FN3O/c1-11-4-7-17(23-3)14(8-11)12(2)22-18-15-9-13(19)5-6-16(15)20-10-21-18/h4-10,12H,1-3H3,(H,20,21,22). The third-order valence-electron chi connectivity index (χ3n) is 3.80. The molecule has 0 aliphatic rings. The lowest BCUT2D eigenvalue weighted by Gasteiger charge is -2.19. The van der Waals surface area contributed by atoms with Gasteiger partial charge in [-0.05, 0) is 38.1 Å². The van der Waals surface area contributed by atoms with Crippen LogP contribution in [0.1, 0.15) is 24.1 Å². The van der Waals surface area contributed by atoms with E-state index in [1.165, 1.54) is 18.5 Å². The maximum absolute atomic E-state index is 13.5. The molecular formula is C18H18FN3O. The predicted molar refractivity (Wildman–Crippen MR) is 89.3 cm³/mol. The van der Waals surface area contributed by atoms with Crippen molar-refractivity contribution in [2.45, 2.75) is 19.9 Å². The molecule has 3 rings (SSSR count). The van der Waals surface area contributed by atoms with E-state index < -0.39 is 0 Å². The van der Waals surface area contributed by atoms with E-state index in [9.17, 15) is 4.39 Å². The molecule has 0 spiro atoms. The fourth-order valence-corrected chi connectivity index (χ4v) is 2.62. The summed E-state index contributed by atoms with van der Waals surface area (Å²) in [5.74, 6) is 1.10. The van der Waals surface area contributed by atoms with Crippen molar-refractivity contribution in [2.75, 3.05) is 12.4 Å². The number of nitrogens with zero attached hydrogens (tertiary/aromatic N) is 2. The fraction of sp³-hybridized carbons (Fsp3) is 0.222. The molecule has 1 aromatic heterocycles. The maximum atomic E-state index is 13.5. The highest BCUT2D eigenvalue weighted by Gasteiger charge is 2.14. The molecule has 0 saturated carbocycles. The Morgan fingerprint density at radius 3 is 2.74 bits per heavy atom. The van der Waals surface area contributed by atoms with Crippen molar-refractivity contribution in [2.24, 2.45) is 0 Å². The van der Waals surface area contributed by atoms with Crippen molar-refractivity contribution in [3.8, 4) is 5.75 Å². The number of rotatable bonds is 4. The molecule has 3 aromatic rings. The van der Waals surface area contributed by atoms with Gasteiger partial charge in [0.25, 0.3) is 0 Å². The summed E-state index contributed by atoms with van der Waals surface area (Å²) in [6.07, 6.45) is 1.47. The Morgan fingerprint density at radius 1 is 1.13 bits per heavy atom. The summed E-state index contributed by atoms with van der Waals surface area (Å²) in [6.45, 7) is 4.05. The van der Waals surface area contributed by atoms with Crippen LogP contribution in [-0.2, 0) is 0 Å². The predicted octanol–water partition coefficient (Wildman–Crippen LogP) is 4.26. The van der Waals surface area contributed by atoms with E-state index in [2.05, 4.69) is 21.4 Å². The van der Waals surface area contributed by atoms with Gasteiger partial charge in [-0.3, -0.25) is 0 Å². The molecule has 0 radical (unpaired) electrons. The van der Waals surface area contributed by atoms with Crippen molar-refractivity contribution in [3.05, 3.63) is 59.7 Å². The van der Waals surface area contributed by atoms with Gasteiger partial charge in [-0.15, -0.1) is 0 Å². The van der Waals surface area contributed by atoms with Gasteiger partial charge in [0.2, 0.25) is 0 Å². The second kappa shape index (κ2) is 6.20. The number of hydrogen-bond acceptors (Lipinski definition) is 4. The Bertz CT molecular complexity index is 851. The van der Waals surface area contributed by atoms with Gasteiger partial charge in [0.1, 0.15) is 23.7 Å². The lowest BCUT2D eigenvalue weighted by atomic mass is 10.0. The number of halogens is 1. The van der Waals surface area contributed by atoms with Gasteiger partial charge in [0.15, 0.2) is 0 Å². The SMILES string of the molecule is COc1ccc(C)cc1C(C)Nc1ncnc2ccc(F)cc12. The van der Waals surface area contributed by atoms with Gasteiger partial charge in [0, 0.05) is 10.9 Å². The second-order valence-electron chi connectivity index (χ2n) is 5.50. The monoisotopic (exact) mass is 311 g/mol. The number of ether oxygens (including phenoxy) is 1. The van der Waals surface area contributed by atoms with Crippen LogP contribution in [0.15, 0.2) is 42.7 Å². The number of anilines is 1. The summed E-state index contributed by atoms with van der Waals surface area (Å²) in [7, 11) is 1.65. The molecule has 0 aliphatic heterocycles. The summed E-state index contributed by atoms with van der Waals surface area (Å²) >= 11 is 0. The van der Waals surface area contributed by atoms with E-state index in [0.29, 0.717) is 16.7 Å². The highest BCUT2D eigenvalue weighted by Crippen LogP contribution is 2.30. The molecular weight excluding hydrogens is 293 g/mol. The normalized spacial score (nSPS) is 12.2. The van der Waals surface area contributed by atoms with E-state index in [4.69, 9.17) is 4.74 Å². The van der Waals surface area contributed by atoms with E-state index in [1.807, 2.05) is 26.0 Å². The van der Waals surface area contributed by atoms with Crippen LogP contribution >= 0.6 is 0 Å². The third-order valence-corrected chi connectivity index (χ3v) is 3.80.